The van der Waals surface area contributed by atoms with E-state index in [0.29, 0.717) is 30.5 Å². The number of fused-ring (bicyclic) bond motifs is 1. The van der Waals surface area contributed by atoms with Crippen molar-refractivity contribution in [2.24, 2.45) is 5.73 Å². The zero-order valence-corrected chi connectivity index (χ0v) is 15.6. The lowest BCUT2D eigenvalue weighted by atomic mass is 10.1. The predicted octanol–water partition coefficient (Wildman–Crippen LogP) is 1.11. The van der Waals surface area contributed by atoms with E-state index in [1.807, 2.05) is 30.3 Å². The predicted molar refractivity (Wildman–Crippen MR) is 109 cm³/mol. The number of carbonyl (C=O) groups excluding carboxylic acids is 1. The van der Waals surface area contributed by atoms with Crippen LogP contribution in [0.3, 0.4) is 0 Å². The molecule has 146 valence electrons. The Kier molecular flexibility index (Phi) is 6.39. The highest BCUT2D eigenvalue weighted by Gasteiger charge is 2.14. The summed E-state index contributed by atoms with van der Waals surface area (Å²) in [5, 5.41) is 0.428. The molecule has 0 spiro atoms. The Labute approximate surface area is 162 Å². The van der Waals surface area contributed by atoms with Gasteiger partial charge in [0, 0.05) is 32.6 Å². The third-order valence-electron chi connectivity index (χ3n) is 4.72. The Hall–Kier alpha value is -3.19. The molecule has 0 fully saturated rings. The molecule has 28 heavy (non-hydrogen) atoms. The van der Waals surface area contributed by atoms with Gasteiger partial charge in [0.15, 0.2) is 0 Å². The van der Waals surface area contributed by atoms with E-state index < -0.39 is 11.2 Å². The summed E-state index contributed by atoms with van der Waals surface area (Å²) in [6, 6.07) is 16.8. The monoisotopic (exact) mass is 380 g/mol. The van der Waals surface area contributed by atoms with Crippen molar-refractivity contribution in [1.82, 2.24) is 14.5 Å². The van der Waals surface area contributed by atoms with Gasteiger partial charge in [0.25, 0.3) is 5.56 Å². The first-order valence-electron chi connectivity index (χ1n) is 9.34. The molecule has 0 saturated carbocycles. The smallest absolute Gasteiger partial charge is 0.328 e. The molecule has 0 aliphatic heterocycles. The normalized spacial score (nSPS) is 10.9. The topological polar surface area (TPSA) is 101 Å². The fraction of sp³-hybridized carbons (Fsp3) is 0.286. The number of amides is 1. The van der Waals surface area contributed by atoms with Gasteiger partial charge >= 0.3 is 5.69 Å². The minimum atomic E-state index is -0.508. The van der Waals surface area contributed by atoms with Gasteiger partial charge in [0.1, 0.15) is 0 Å². The molecule has 0 atom stereocenters. The summed E-state index contributed by atoms with van der Waals surface area (Å²) in [6.07, 6.45) is 0.902. The molecular weight excluding hydrogens is 356 g/mol. The molecule has 0 unspecified atom stereocenters. The van der Waals surface area contributed by atoms with Gasteiger partial charge in [-0.15, -0.1) is 0 Å². The van der Waals surface area contributed by atoms with Gasteiger partial charge in [0.05, 0.1) is 10.9 Å². The second kappa shape index (κ2) is 9.14. The molecule has 2 aromatic carbocycles. The van der Waals surface area contributed by atoms with Crippen molar-refractivity contribution in [2.75, 3.05) is 19.6 Å². The second-order valence-corrected chi connectivity index (χ2v) is 6.58. The fourth-order valence-corrected chi connectivity index (χ4v) is 3.26. The summed E-state index contributed by atoms with van der Waals surface area (Å²) < 4.78 is 1.44. The Balaban J connectivity index is 1.72. The number of nitrogens with two attached hydrogens (primary N) is 1. The number of para-hydroxylation sites is 1. The standard InChI is InChI=1S/C21H24N4O3/c22-12-15-24(13-10-16-6-2-1-3-7-16)19(26)11-14-25-18-9-5-4-8-17(18)20(27)23-21(25)28/h1-9H,10-15,22H2,(H,23,27,28). The van der Waals surface area contributed by atoms with Crippen molar-refractivity contribution >= 4 is 16.8 Å². The first kappa shape index (κ1) is 19.6. The molecule has 7 heteroatoms. The maximum absolute atomic E-state index is 12.7. The number of benzene rings is 2. The average molecular weight is 380 g/mol. The van der Waals surface area contributed by atoms with Crippen LogP contribution < -0.4 is 17.0 Å². The molecule has 7 nitrogen and oxygen atoms in total. The number of nitrogens with zero attached hydrogens (tertiary/aromatic N) is 2. The van der Waals surface area contributed by atoms with Crippen molar-refractivity contribution in [1.29, 1.82) is 0 Å². The summed E-state index contributed by atoms with van der Waals surface area (Å²) in [6.45, 7) is 1.61. The van der Waals surface area contributed by atoms with Crippen LogP contribution in [0.25, 0.3) is 10.9 Å². The summed E-state index contributed by atoms with van der Waals surface area (Å²) in [5.74, 6) is -0.0661. The molecular formula is C21H24N4O3. The van der Waals surface area contributed by atoms with Crippen LogP contribution in [0.4, 0.5) is 0 Å². The molecule has 1 heterocycles. The summed E-state index contributed by atoms with van der Waals surface area (Å²) in [4.78, 5) is 40.9. The van der Waals surface area contributed by atoms with Crippen LogP contribution in [0.5, 0.6) is 0 Å². The van der Waals surface area contributed by atoms with Crippen LogP contribution in [0.1, 0.15) is 12.0 Å². The van der Waals surface area contributed by atoms with E-state index >= 15 is 0 Å². The molecule has 0 radical (unpaired) electrons. The number of aromatic nitrogens is 2. The molecule has 1 amide bonds. The number of H-pyrrole nitrogens is 1. The van der Waals surface area contributed by atoms with Crippen molar-refractivity contribution in [3.8, 4) is 0 Å². The molecule has 3 rings (SSSR count). The molecule has 0 aliphatic carbocycles. The van der Waals surface area contributed by atoms with E-state index in [0.717, 1.165) is 12.0 Å². The van der Waals surface area contributed by atoms with E-state index in [2.05, 4.69) is 4.98 Å². The fourth-order valence-electron chi connectivity index (χ4n) is 3.26. The lowest BCUT2D eigenvalue weighted by Gasteiger charge is -2.22. The van der Waals surface area contributed by atoms with Crippen molar-refractivity contribution in [3.63, 3.8) is 0 Å². The first-order chi connectivity index (χ1) is 13.6. The van der Waals surface area contributed by atoms with E-state index in [9.17, 15) is 14.4 Å². The van der Waals surface area contributed by atoms with Gasteiger partial charge < -0.3 is 10.6 Å². The average Bonchev–Trinajstić information content (AvgIpc) is 2.71. The number of hydrogen-bond donors (Lipinski definition) is 2. The first-order valence-corrected chi connectivity index (χ1v) is 9.34. The lowest BCUT2D eigenvalue weighted by molar-refractivity contribution is -0.131. The van der Waals surface area contributed by atoms with Crippen LogP contribution in [0, 0.1) is 0 Å². The Morgan fingerprint density at radius 2 is 1.71 bits per heavy atom. The van der Waals surface area contributed by atoms with Gasteiger partial charge in [-0.2, -0.15) is 0 Å². The van der Waals surface area contributed by atoms with Gasteiger partial charge in [-0.3, -0.25) is 19.1 Å². The number of aromatic amines is 1. The number of nitrogens with one attached hydrogen (secondary N) is 1. The quantitative estimate of drug-likeness (QED) is 0.611. The second-order valence-electron chi connectivity index (χ2n) is 6.58. The summed E-state index contributed by atoms with van der Waals surface area (Å²) >= 11 is 0. The molecule has 0 bridgehead atoms. The highest BCUT2D eigenvalue weighted by Crippen LogP contribution is 2.08. The van der Waals surface area contributed by atoms with Crippen LogP contribution in [0.15, 0.2) is 64.2 Å². The molecule has 0 aliphatic rings. The summed E-state index contributed by atoms with van der Waals surface area (Å²) in [7, 11) is 0. The minimum Gasteiger partial charge on any atom is -0.341 e. The van der Waals surface area contributed by atoms with E-state index in [4.69, 9.17) is 5.73 Å². The highest BCUT2D eigenvalue weighted by atomic mass is 16.2. The number of hydrogen-bond acceptors (Lipinski definition) is 4. The largest absolute Gasteiger partial charge is 0.341 e. The van der Waals surface area contributed by atoms with Gasteiger partial charge in [-0.05, 0) is 24.1 Å². The highest BCUT2D eigenvalue weighted by molar-refractivity contribution is 5.79. The van der Waals surface area contributed by atoms with E-state index in [1.54, 1.807) is 29.2 Å². The van der Waals surface area contributed by atoms with Crippen LogP contribution >= 0.6 is 0 Å². The van der Waals surface area contributed by atoms with Crippen molar-refractivity contribution in [2.45, 2.75) is 19.4 Å². The third kappa shape index (κ3) is 4.55. The number of carbonyl (C=O) groups is 1. The maximum atomic E-state index is 12.7. The Morgan fingerprint density at radius 1 is 1.00 bits per heavy atom. The van der Waals surface area contributed by atoms with Gasteiger partial charge in [0.2, 0.25) is 5.91 Å². The van der Waals surface area contributed by atoms with Crippen LogP contribution in [0.2, 0.25) is 0 Å². The van der Waals surface area contributed by atoms with Gasteiger partial charge in [-0.25, -0.2) is 4.79 Å². The molecule has 0 saturated heterocycles. The van der Waals surface area contributed by atoms with Crippen LogP contribution in [-0.4, -0.2) is 40.0 Å². The zero-order valence-electron chi connectivity index (χ0n) is 15.6. The Morgan fingerprint density at radius 3 is 2.46 bits per heavy atom. The summed E-state index contributed by atoms with van der Waals surface area (Å²) in [5.41, 5.74) is 6.42. The van der Waals surface area contributed by atoms with Gasteiger partial charge in [-0.1, -0.05) is 42.5 Å². The molecule has 1 aromatic heterocycles. The van der Waals surface area contributed by atoms with E-state index in [-0.39, 0.29) is 18.9 Å². The Bertz CT molecular complexity index is 1060. The minimum absolute atomic E-state index is 0.0661. The maximum Gasteiger partial charge on any atom is 0.328 e. The zero-order chi connectivity index (χ0) is 19.9. The van der Waals surface area contributed by atoms with E-state index in [1.165, 1.54) is 4.57 Å². The van der Waals surface area contributed by atoms with Crippen LogP contribution in [-0.2, 0) is 17.8 Å². The van der Waals surface area contributed by atoms with Crippen molar-refractivity contribution in [3.05, 3.63) is 81.0 Å². The SMILES string of the molecule is NCCN(CCc1ccccc1)C(=O)CCn1c(=O)[nH]c(=O)c2ccccc21. The molecule has 3 N–H and O–H groups in total. The molecule has 3 aromatic rings. The number of aryl methyl sites for hydroxylation is 1. The number of rotatable bonds is 8. The van der Waals surface area contributed by atoms with Crippen molar-refractivity contribution < 1.29 is 4.79 Å². The lowest BCUT2D eigenvalue weighted by Crippen LogP contribution is -2.38. The third-order valence-corrected chi connectivity index (χ3v) is 4.72.